The van der Waals surface area contributed by atoms with Crippen LogP contribution in [0.4, 0.5) is 0 Å². The molecule has 2 aliphatic heterocycles. The molecule has 1 aromatic rings. The molecule has 0 radical (unpaired) electrons. The van der Waals surface area contributed by atoms with Crippen LogP contribution in [0, 0.1) is 11.3 Å². The lowest BCUT2D eigenvalue weighted by molar-refractivity contribution is -0.141. The van der Waals surface area contributed by atoms with Crippen molar-refractivity contribution in [1.29, 1.82) is 0 Å². The second-order valence-corrected chi connectivity index (χ2v) is 9.96. The van der Waals surface area contributed by atoms with E-state index in [4.69, 9.17) is 11.6 Å². The van der Waals surface area contributed by atoms with E-state index in [2.05, 4.69) is 36.6 Å². The Hall–Kier alpha value is -1.59. The summed E-state index contributed by atoms with van der Waals surface area (Å²) in [7, 11) is 0. The first kappa shape index (κ1) is 22.1. The molecule has 5 nitrogen and oxygen atoms in total. The van der Waals surface area contributed by atoms with E-state index in [1.165, 1.54) is 5.56 Å². The Morgan fingerprint density at radius 3 is 2.45 bits per heavy atom. The maximum Gasteiger partial charge on any atom is 0.245 e. The van der Waals surface area contributed by atoms with E-state index in [0.717, 1.165) is 30.8 Å². The highest BCUT2D eigenvalue weighted by Crippen LogP contribution is 2.42. The molecule has 2 heterocycles. The van der Waals surface area contributed by atoms with Crippen LogP contribution in [0.2, 0.25) is 5.02 Å². The van der Waals surface area contributed by atoms with Gasteiger partial charge in [-0.25, -0.2) is 0 Å². The van der Waals surface area contributed by atoms with Crippen LogP contribution in [0.15, 0.2) is 24.3 Å². The quantitative estimate of drug-likeness (QED) is 0.766. The fourth-order valence-electron chi connectivity index (χ4n) is 4.73. The molecule has 0 bridgehead atoms. The minimum atomic E-state index is -0.479. The van der Waals surface area contributed by atoms with Crippen LogP contribution < -0.4 is 10.6 Å². The van der Waals surface area contributed by atoms with Crippen molar-refractivity contribution >= 4 is 23.4 Å². The molecule has 6 heteroatoms. The third-order valence-electron chi connectivity index (χ3n) is 6.42. The van der Waals surface area contributed by atoms with Crippen molar-refractivity contribution in [2.45, 2.75) is 65.0 Å². The van der Waals surface area contributed by atoms with Gasteiger partial charge in [0.2, 0.25) is 11.8 Å². The van der Waals surface area contributed by atoms with Gasteiger partial charge in [0.05, 0.1) is 6.04 Å². The number of carbonyl (C=O) groups excluding carboxylic acids is 2. The summed E-state index contributed by atoms with van der Waals surface area (Å²) in [6, 6.07) is 7.41. The molecule has 0 aliphatic carbocycles. The molecule has 2 saturated heterocycles. The number of piperidine rings is 1. The maximum absolute atomic E-state index is 13.3. The standard InChI is InChI=1S/C23H34ClN3O2/c1-15(2)20(26-21(28)19-6-5-12-25-19)22(29)27-13-11-18(23(3,4)14-27)16-7-9-17(24)10-8-16/h7-10,15,18-20,25H,5-6,11-14H2,1-4H3,(H,26,28)/t18-,19-,20-/m1/s1. The lowest BCUT2D eigenvalue weighted by Crippen LogP contribution is -2.57. The van der Waals surface area contributed by atoms with Gasteiger partial charge in [-0.05, 0) is 60.8 Å². The number of hydrogen-bond acceptors (Lipinski definition) is 3. The summed E-state index contributed by atoms with van der Waals surface area (Å²) in [5.41, 5.74) is 1.22. The first-order chi connectivity index (χ1) is 13.7. The van der Waals surface area contributed by atoms with Crippen molar-refractivity contribution in [3.63, 3.8) is 0 Å². The molecule has 2 fully saturated rings. The summed E-state index contributed by atoms with van der Waals surface area (Å²) in [5, 5.41) is 6.98. The average Bonchev–Trinajstić information content (AvgIpc) is 3.20. The average molecular weight is 420 g/mol. The number of likely N-dealkylation sites (tertiary alicyclic amines) is 1. The minimum absolute atomic E-state index is 0.0361. The van der Waals surface area contributed by atoms with Gasteiger partial charge < -0.3 is 15.5 Å². The molecule has 2 amide bonds. The number of halogens is 1. The van der Waals surface area contributed by atoms with Gasteiger partial charge in [-0.1, -0.05) is 51.4 Å². The van der Waals surface area contributed by atoms with E-state index in [1.54, 1.807) is 0 Å². The van der Waals surface area contributed by atoms with E-state index in [-0.39, 0.29) is 29.2 Å². The highest BCUT2D eigenvalue weighted by atomic mass is 35.5. The van der Waals surface area contributed by atoms with E-state index in [0.29, 0.717) is 19.0 Å². The fraction of sp³-hybridized carbons (Fsp3) is 0.652. The topological polar surface area (TPSA) is 61.4 Å². The van der Waals surface area contributed by atoms with Gasteiger partial charge in [-0.2, -0.15) is 0 Å². The molecular formula is C23H34ClN3O2. The third kappa shape index (κ3) is 5.13. The Morgan fingerprint density at radius 1 is 1.21 bits per heavy atom. The molecule has 3 atom stereocenters. The molecule has 2 aliphatic rings. The predicted molar refractivity (Wildman–Crippen MR) is 117 cm³/mol. The number of amides is 2. The largest absolute Gasteiger partial charge is 0.343 e. The molecule has 0 spiro atoms. The lowest BCUT2D eigenvalue weighted by atomic mass is 9.70. The molecule has 0 unspecified atom stereocenters. The molecule has 2 N–H and O–H groups in total. The lowest BCUT2D eigenvalue weighted by Gasteiger charge is -2.45. The van der Waals surface area contributed by atoms with Crippen LogP contribution in [0.25, 0.3) is 0 Å². The van der Waals surface area contributed by atoms with Crippen molar-refractivity contribution in [2.24, 2.45) is 11.3 Å². The molecule has 160 valence electrons. The summed E-state index contributed by atoms with van der Waals surface area (Å²) in [6.45, 7) is 10.7. The van der Waals surface area contributed by atoms with Crippen molar-refractivity contribution in [1.82, 2.24) is 15.5 Å². The Bertz CT molecular complexity index is 726. The van der Waals surface area contributed by atoms with Gasteiger partial charge in [-0.3, -0.25) is 9.59 Å². The highest BCUT2D eigenvalue weighted by Gasteiger charge is 2.41. The van der Waals surface area contributed by atoms with Gasteiger partial charge in [0.25, 0.3) is 0 Å². The normalized spacial score (nSPS) is 25.1. The molecule has 0 aromatic heterocycles. The number of nitrogens with zero attached hydrogens (tertiary/aromatic N) is 1. The van der Waals surface area contributed by atoms with Crippen molar-refractivity contribution < 1.29 is 9.59 Å². The first-order valence-electron chi connectivity index (χ1n) is 10.8. The summed E-state index contributed by atoms with van der Waals surface area (Å²) >= 11 is 6.05. The molecule has 1 aromatic carbocycles. The summed E-state index contributed by atoms with van der Waals surface area (Å²) in [6.07, 6.45) is 2.75. The van der Waals surface area contributed by atoms with E-state index in [1.807, 2.05) is 30.9 Å². The number of nitrogens with one attached hydrogen (secondary N) is 2. The van der Waals surface area contributed by atoms with Crippen molar-refractivity contribution in [2.75, 3.05) is 19.6 Å². The molecule has 0 saturated carbocycles. The number of hydrogen-bond donors (Lipinski definition) is 2. The van der Waals surface area contributed by atoms with E-state index in [9.17, 15) is 9.59 Å². The first-order valence-corrected chi connectivity index (χ1v) is 11.1. The summed E-state index contributed by atoms with van der Waals surface area (Å²) < 4.78 is 0. The van der Waals surface area contributed by atoms with E-state index >= 15 is 0 Å². The minimum Gasteiger partial charge on any atom is -0.343 e. The smallest absolute Gasteiger partial charge is 0.245 e. The van der Waals surface area contributed by atoms with Crippen LogP contribution in [-0.2, 0) is 9.59 Å². The Morgan fingerprint density at radius 2 is 1.90 bits per heavy atom. The van der Waals surface area contributed by atoms with Gasteiger partial charge in [0.1, 0.15) is 6.04 Å². The SMILES string of the molecule is CC(C)[C@@H](NC(=O)[C@H]1CCCN1)C(=O)N1CC[C@H](c2ccc(Cl)cc2)C(C)(C)C1. The number of benzene rings is 1. The summed E-state index contributed by atoms with van der Waals surface area (Å²) in [5.74, 6) is 0.405. The maximum atomic E-state index is 13.3. The second-order valence-electron chi connectivity index (χ2n) is 9.52. The highest BCUT2D eigenvalue weighted by molar-refractivity contribution is 6.30. The molecular weight excluding hydrogens is 386 g/mol. The Labute approximate surface area is 179 Å². The zero-order valence-corrected chi connectivity index (χ0v) is 18.8. The number of carbonyl (C=O) groups is 2. The van der Waals surface area contributed by atoms with Gasteiger partial charge in [0, 0.05) is 18.1 Å². The van der Waals surface area contributed by atoms with Crippen LogP contribution in [-0.4, -0.2) is 48.4 Å². The van der Waals surface area contributed by atoms with Crippen LogP contribution in [0.1, 0.15) is 58.4 Å². The monoisotopic (exact) mass is 419 g/mol. The Balaban J connectivity index is 1.68. The van der Waals surface area contributed by atoms with Gasteiger partial charge in [0.15, 0.2) is 0 Å². The predicted octanol–water partition coefficient (Wildman–Crippen LogP) is 3.57. The van der Waals surface area contributed by atoms with Crippen LogP contribution in [0.5, 0.6) is 0 Å². The molecule has 3 rings (SSSR count). The van der Waals surface area contributed by atoms with Crippen LogP contribution in [0.3, 0.4) is 0 Å². The summed E-state index contributed by atoms with van der Waals surface area (Å²) in [4.78, 5) is 27.9. The zero-order chi connectivity index (χ0) is 21.2. The van der Waals surface area contributed by atoms with E-state index < -0.39 is 6.04 Å². The van der Waals surface area contributed by atoms with Crippen LogP contribution >= 0.6 is 11.6 Å². The number of rotatable bonds is 5. The Kier molecular flexibility index (Phi) is 6.90. The van der Waals surface area contributed by atoms with Crippen molar-refractivity contribution in [3.8, 4) is 0 Å². The van der Waals surface area contributed by atoms with Gasteiger partial charge in [-0.15, -0.1) is 0 Å². The third-order valence-corrected chi connectivity index (χ3v) is 6.67. The van der Waals surface area contributed by atoms with Gasteiger partial charge >= 0.3 is 0 Å². The zero-order valence-electron chi connectivity index (χ0n) is 18.0. The van der Waals surface area contributed by atoms with Crippen molar-refractivity contribution in [3.05, 3.63) is 34.9 Å². The molecule has 29 heavy (non-hydrogen) atoms. The fourth-order valence-corrected chi connectivity index (χ4v) is 4.86. The second kappa shape index (κ2) is 9.05.